The molecule has 0 radical (unpaired) electrons. The Morgan fingerprint density at radius 3 is 3.31 bits per heavy atom. The first-order valence-corrected chi connectivity index (χ1v) is 3.31. The maximum atomic E-state index is 8.17. The third-order valence-corrected chi connectivity index (χ3v) is 1.41. The molecule has 4 N–H and O–H groups in total. The maximum absolute atomic E-state index is 8.17. The van der Waals surface area contributed by atoms with Crippen LogP contribution in [0.2, 0.25) is 0 Å². The molecule has 2 aliphatic heterocycles. The second-order valence-corrected chi connectivity index (χ2v) is 2.22. The highest BCUT2D eigenvalue weighted by Gasteiger charge is 2.22. The zero-order valence-corrected chi connectivity index (χ0v) is 6.34. The molecule has 9 heteroatoms. The first kappa shape index (κ1) is 7.40. The minimum absolute atomic E-state index is 0.176. The van der Waals surface area contributed by atoms with Gasteiger partial charge < -0.3 is 5.73 Å². The van der Waals surface area contributed by atoms with E-state index in [-0.39, 0.29) is 5.84 Å². The average molecular weight is 179 g/mol. The van der Waals surface area contributed by atoms with E-state index in [1.807, 2.05) is 0 Å². The highest BCUT2D eigenvalue weighted by atomic mass is 15.9. The summed E-state index contributed by atoms with van der Waals surface area (Å²) in [5, 5.41) is 12.2. The summed E-state index contributed by atoms with van der Waals surface area (Å²) in [6.45, 7) is 0. The molecule has 0 aromatic carbocycles. The molecule has 0 spiro atoms. The topological polar surface area (TPSA) is 127 Å². The zero-order chi connectivity index (χ0) is 9.26. The standard InChI is InChI=1S/C4H5N9/c5-2-1-3(7-10-6)9-13-4(2)8-11-12-13/h1,11-12H,5H2. The largest absolute Gasteiger partial charge is 0.396 e. The average Bonchev–Trinajstić information content (AvgIpc) is 2.53. The van der Waals surface area contributed by atoms with Crippen molar-refractivity contribution in [2.75, 3.05) is 0 Å². The van der Waals surface area contributed by atoms with Crippen LogP contribution < -0.4 is 16.8 Å². The van der Waals surface area contributed by atoms with Gasteiger partial charge in [-0.15, -0.1) is 10.6 Å². The number of nitrogens with two attached hydrogens (primary N) is 1. The van der Waals surface area contributed by atoms with Crippen molar-refractivity contribution in [3.63, 3.8) is 0 Å². The summed E-state index contributed by atoms with van der Waals surface area (Å²) < 4.78 is 0. The molecule has 66 valence electrons. The molecule has 2 aliphatic rings. The van der Waals surface area contributed by atoms with Crippen LogP contribution in [0.15, 0.2) is 27.1 Å². The number of hydrogen-bond donors (Lipinski definition) is 3. The summed E-state index contributed by atoms with van der Waals surface area (Å²) in [6.07, 6.45) is 1.43. The van der Waals surface area contributed by atoms with E-state index in [1.54, 1.807) is 0 Å². The van der Waals surface area contributed by atoms with Crippen molar-refractivity contribution < 1.29 is 0 Å². The number of nitrogens with zero attached hydrogens (tertiary/aromatic N) is 6. The van der Waals surface area contributed by atoms with Crippen molar-refractivity contribution in [2.24, 2.45) is 21.1 Å². The second kappa shape index (κ2) is 2.66. The van der Waals surface area contributed by atoms with Gasteiger partial charge in [0, 0.05) is 4.91 Å². The van der Waals surface area contributed by atoms with Gasteiger partial charge in [-0.1, -0.05) is 0 Å². The van der Waals surface area contributed by atoms with Crippen molar-refractivity contribution in [1.29, 1.82) is 0 Å². The number of azide groups is 1. The van der Waals surface area contributed by atoms with Crippen molar-refractivity contribution in [1.82, 2.24) is 16.2 Å². The molecule has 2 heterocycles. The Hall–Kier alpha value is -2.25. The van der Waals surface area contributed by atoms with Crippen LogP contribution in [-0.2, 0) is 0 Å². The van der Waals surface area contributed by atoms with E-state index in [1.165, 1.54) is 11.2 Å². The van der Waals surface area contributed by atoms with Crippen molar-refractivity contribution in [2.45, 2.75) is 0 Å². The summed E-state index contributed by atoms with van der Waals surface area (Å²) >= 11 is 0. The van der Waals surface area contributed by atoms with Crippen LogP contribution in [0.5, 0.6) is 0 Å². The molecule has 0 saturated carbocycles. The summed E-state index contributed by atoms with van der Waals surface area (Å²) in [4.78, 5) is 2.59. The lowest BCUT2D eigenvalue weighted by Crippen LogP contribution is -2.40. The first-order valence-electron chi connectivity index (χ1n) is 3.31. The quantitative estimate of drug-likeness (QED) is 0.253. The van der Waals surface area contributed by atoms with E-state index in [4.69, 9.17) is 11.3 Å². The van der Waals surface area contributed by atoms with Gasteiger partial charge >= 0.3 is 0 Å². The van der Waals surface area contributed by atoms with Gasteiger partial charge in [0.2, 0.25) is 5.84 Å². The third-order valence-electron chi connectivity index (χ3n) is 1.41. The van der Waals surface area contributed by atoms with E-state index < -0.39 is 0 Å². The molecular formula is C4H5N9. The molecule has 2 rings (SSSR count). The monoisotopic (exact) mass is 179 g/mol. The van der Waals surface area contributed by atoms with Gasteiger partial charge in [0.25, 0.3) is 0 Å². The van der Waals surface area contributed by atoms with E-state index >= 15 is 0 Å². The fourth-order valence-corrected chi connectivity index (χ4v) is 0.914. The smallest absolute Gasteiger partial charge is 0.212 e. The zero-order valence-electron chi connectivity index (χ0n) is 6.34. The van der Waals surface area contributed by atoms with Crippen LogP contribution in [0.1, 0.15) is 0 Å². The van der Waals surface area contributed by atoms with E-state index in [2.05, 4.69) is 31.3 Å². The number of hydrazine groups is 2. The Labute approximate surface area is 72.1 Å². The van der Waals surface area contributed by atoms with Crippen LogP contribution in [0.3, 0.4) is 0 Å². The first-order chi connectivity index (χ1) is 6.31. The molecule has 0 saturated heterocycles. The lowest BCUT2D eigenvalue weighted by atomic mass is 10.3. The van der Waals surface area contributed by atoms with Gasteiger partial charge in [0.05, 0.1) is 5.70 Å². The Balaban J connectivity index is 2.37. The van der Waals surface area contributed by atoms with Crippen LogP contribution in [0, 0.1) is 0 Å². The van der Waals surface area contributed by atoms with Gasteiger partial charge in [-0.3, -0.25) is 0 Å². The van der Waals surface area contributed by atoms with E-state index in [0.717, 1.165) is 0 Å². The van der Waals surface area contributed by atoms with E-state index in [0.29, 0.717) is 11.5 Å². The number of rotatable bonds is 0. The Morgan fingerprint density at radius 2 is 2.54 bits per heavy atom. The summed E-state index contributed by atoms with van der Waals surface area (Å²) in [5.74, 6) is 0.618. The minimum atomic E-state index is 0.176. The fourth-order valence-electron chi connectivity index (χ4n) is 0.914. The van der Waals surface area contributed by atoms with Crippen LogP contribution in [-0.4, -0.2) is 16.8 Å². The van der Waals surface area contributed by atoms with Crippen molar-refractivity contribution >= 4 is 11.7 Å². The number of nitrogens with one attached hydrogen (secondary N) is 2. The molecule has 0 aromatic rings. The number of fused-ring (bicyclic) bond motifs is 1. The summed E-state index contributed by atoms with van der Waals surface area (Å²) in [6, 6.07) is 0. The predicted octanol–water partition coefficient (Wildman–Crippen LogP) is -0.895. The van der Waals surface area contributed by atoms with Crippen molar-refractivity contribution in [3.05, 3.63) is 22.2 Å². The lowest BCUT2D eigenvalue weighted by Gasteiger charge is -2.16. The minimum Gasteiger partial charge on any atom is -0.396 e. The van der Waals surface area contributed by atoms with Gasteiger partial charge in [0.15, 0.2) is 5.84 Å². The molecule has 0 atom stereocenters. The van der Waals surface area contributed by atoms with Gasteiger partial charge in [0.1, 0.15) is 0 Å². The molecule has 0 aliphatic carbocycles. The van der Waals surface area contributed by atoms with Crippen LogP contribution in [0.4, 0.5) is 0 Å². The molecule has 9 nitrogen and oxygen atoms in total. The van der Waals surface area contributed by atoms with E-state index in [9.17, 15) is 0 Å². The number of amidine groups is 2. The SMILES string of the molecule is [N-]=[N+]=NC1=NN2NNN=C2C(N)=C1. The van der Waals surface area contributed by atoms with Gasteiger partial charge in [-0.2, -0.15) is 10.2 Å². The fraction of sp³-hybridized carbons (Fsp3) is 0. The lowest BCUT2D eigenvalue weighted by molar-refractivity contribution is 0.307. The highest BCUT2D eigenvalue weighted by molar-refractivity contribution is 6.08. The summed E-state index contributed by atoms with van der Waals surface area (Å²) in [5.41, 5.74) is 19.1. The normalized spacial score (nSPS) is 19.1. The van der Waals surface area contributed by atoms with Crippen LogP contribution in [0.25, 0.3) is 10.4 Å². The highest BCUT2D eigenvalue weighted by Crippen LogP contribution is 2.07. The summed E-state index contributed by atoms with van der Waals surface area (Å²) in [7, 11) is 0. The number of hydrazone groups is 2. The van der Waals surface area contributed by atoms with Crippen LogP contribution >= 0.6 is 0 Å². The maximum Gasteiger partial charge on any atom is 0.212 e. The molecule has 13 heavy (non-hydrogen) atoms. The Morgan fingerprint density at radius 1 is 1.69 bits per heavy atom. The van der Waals surface area contributed by atoms with Gasteiger partial charge in [-0.05, 0) is 16.7 Å². The molecular weight excluding hydrogens is 174 g/mol. The molecule has 0 aromatic heterocycles. The van der Waals surface area contributed by atoms with Gasteiger partial charge in [-0.25, -0.2) is 5.53 Å². The molecule has 0 fully saturated rings. The molecule has 0 bridgehead atoms. The Kier molecular flexibility index (Phi) is 1.51. The predicted molar refractivity (Wildman–Crippen MR) is 44.4 cm³/mol. The second-order valence-electron chi connectivity index (χ2n) is 2.22. The Bertz CT molecular complexity index is 369. The molecule has 0 unspecified atom stereocenters. The third kappa shape index (κ3) is 1.13. The van der Waals surface area contributed by atoms with Crippen molar-refractivity contribution in [3.8, 4) is 0 Å². The molecule has 0 amide bonds. The number of hydrogen-bond acceptors (Lipinski definition) is 7.